The molecular weight excluding hydrogens is 256 g/mol. The van der Waals surface area contributed by atoms with Crippen molar-refractivity contribution in [2.45, 2.75) is 6.54 Å². The zero-order valence-electron chi connectivity index (χ0n) is 10.5. The molecule has 0 aliphatic rings. The first kappa shape index (κ1) is 12.2. The number of aromatic carboxylic acids is 1. The summed E-state index contributed by atoms with van der Waals surface area (Å²) in [4.78, 5) is 15.5. The van der Waals surface area contributed by atoms with Gasteiger partial charge in [0, 0.05) is 23.3 Å². The fraction of sp³-hybridized carbons (Fsp3) is 0.0667. The zero-order chi connectivity index (χ0) is 14.1. The van der Waals surface area contributed by atoms with E-state index >= 15 is 0 Å². The molecule has 100 valence electrons. The SMILES string of the molecule is O=C(O)c1cn(Cc2ccccn2)c2ccc(O)cc12. The summed E-state index contributed by atoms with van der Waals surface area (Å²) in [5, 5.41) is 19.3. The van der Waals surface area contributed by atoms with Gasteiger partial charge in [-0.1, -0.05) is 6.07 Å². The molecule has 0 fully saturated rings. The van der Waals surface area contributed by atoms with Gasteiger partial charge in [-0.2, -0.15) is 0 Å². The third-order valence-corrected chi connectivity index (χ3v) is 3.15. The highest BCUT2D eigenvalue weighted by molar-refractivity contribution is 6.03. The Balaban J connectivity index is 2.14. The van der Waals surface area contributed by atoms with Crippen molar-refractivity contribution < 1.29 is 15.0 Å². The van der Waals surface area contributed by atoms with Gasteiger partial charge in [-0.25, -0.2) is 4.79 Å². The second-order valence-corrected chi connectivity index (χ2v) is 4.50. The van der Waals surface area contributed by atoms with Gasteiger partial charge in [-0.05, 0) is 30.3 Å². The van der Waals surface area contributed by atoms with Crippen molar-refractivity contribution in [3.05, 3.63) is 60.0 Å². The third-order valence-electron chi connectivity index (χ3n) is 3.15. The van der Waals surface area contributed by atoms with Gasteiger partial charge >= 0.3 is 5.97 Å². The topological polar surface area (TPSA) is 75.3 Å². The molecule has 0 bridgehead atoms. The standard InChI is InChI=1S/C15H12N2O3/c18-11-4-5-14-12(7-11)13(15(19)20)9-17(14)8-10-3-1-2-6-16-10/h1-7,9,18H,8H2,(H,19,20). The number of carboxylic acids is 1. The van der Waals surface area contributed by atoms with Crippen LogP contribution in [0.1, 0.15) is 16.1 Å². The van der Waals surface area contributed by atoms with Crippen LogP contribution in [0.3, 0.4) is 0 Å². The van der Waals surface area contributed by atoms with Gasteiger partial charge in [0.15, 0.2) is 0 Å². The minimum absolute atomic E-state index is 0.0515. The van der Waals surface area contributed by atoms with Crippen LogP contribution in [0.15, 0.2) is 48.8 Å². The summed E-state index contributed by atoms with van der Waals surface area (Å²) in [6, 6.07) is 10.3. The first-order chi connectivity index (χ1) is 9.65. The molecule has 0 spiro atoms. The van der Waals surface area contributed by atoms with E-state index in [1.807, 2.05) is 22.8 Å². The van der Waals surface area contributed by atoms with Gasteiger partial charge < -0.3 is 14.8 Å². The molecule has 0 unspecified atom stereocenters. The molecule has 5 nitrogen and oxygen atoms in total. The molecule has 2 heterocycles. The lowest BCUT2D eigenvalue weighted by atomic mass is 10.2. The number of hydrogen-bond donors (Lipinski definition) is 2. The summed E-state index contributed by atoms with van der Waals surface area (Å²) in [6.45, 7) is 0.482. The Morgan fingerprint density at radius 1 is 1.25 bits per heavy atom. The normalized spacial score (nSPS) is 10.8. The summed E-state index contributed by atoms with van der Waals surface area (Å²) in [6.07, 6.45) is 3.27. The van der Waals surface area contributed by atoms with Gasteiger partial charge in [0.1, 0.15) is 5.75 Å². The van der Waals surface area contributed by atoms with Crippen LogP contribution in [0, 0.1) is 0 Å². The predicted molar refractivity (Wildman–Crippen MR) is 73.9 cm³/mol. The van der Waals surface area contributed by atoms with E-state index in [0.29, 0.717) is 11.9 Å². The van der Waals surface area contributed by atoms with E-state index in [1.54, 1.807) is 24.5 Å². The second kappa shape index (κ2) is 4.70. The molecule has 3 rings (SSSR count). The van der Waals surface area contributed by atoms with E-state index in [-0.39, 0.29) is 11.3 Å². The van der Waals surface area contributed by atoms with Crippen molar-refractivity contribution in [1.82, 2.24) is 9.55 Å². The van der Waals surface area contributed by atoms with Gasteiger partial charge in [0.2, 0.25) is 0 Å². The largest absolute Gasteiger partial charge is 0.508 e. The van der Waals surface area contributed by atoms with E-state index in [2.05, 4.69) is 4.98 Å². The molecule has 1 aromatic carbocycles. The average molecular weight is 268 g/mol. The van der Waals surface area contributed by atoms with Crippen LogP contribution in [0.4, 0.5) is 0 Å². The molecule has 0 atom stereocenters. The van der Waals surface area contributed by atoms with Crippen LogP contribution in [-0.4, -0.2) is 25.7 Å². The number of carbonyl (C=O) groups is 1. The summed E-state index contributed by atoms with van der Waals surface area (Å²) in [5.74, 6) is -0.962. The number of fused-ring (bicyclic) bond motifs is 1. The fourth-order valence-electron chi connectivity index (χ4n) is 2.25. The molecule has 5 heteroatoms. The van der Waals surface area contributed by atoms with Gasteiger partial charge in [0.25, 0.3) is 0 Å². The Bertz CT molecular complexity index is 778. The molecule has 0 amide bonds. The number of pyridine rings is 1. The lowest BCUT2D eigenvalue weighted by Crippen LogP contribution is -2.00. The number of phenolic OH excluding ortho intramolecular Hbond substituents is 1. The van der Waals surface area contributed by atoms with E-state index in [4.69, 9.17) is 0 Å². The van der Waals surface area contributed by atoms with Crippen LogP contribution in [0.5, 0.6) is 5.75 Å². The van der Waals surface area contributed by atoms with E-state index in [9.17, 15) is 15.0 Å². The number of aromatic nitrogens is 2. The van der Waals surface area contributed by atoms with Crippen LogP contribution in [-0.2, 0) is 6.54 Å². The van der Waals surface area contributed by atoms with Gasteiger partial charge in [-0.15, -0.1) is 0 Å². The number of aromatic hydroxyl groups is 1. The minimum Gasteiger partial charge on any atom is -0.508 e. The summed E-state index contributed by atoms with van der Waals surface area (Å²) in [7, 11) is 0. The van der Waals surface area contributed by atoms with Crippen molar-refractivity contribution in [2.24, 2.45) is 0 Å². The smallest absolute Gasteiger partial charge is 0.337 e. The summed E-state index contributed by atoms with van der Waals surface area (Å²) >= 11 is 0. The highest BCUT2D eigenvalue weighted by atomic mass is 16.4. The Hall–Kier alpha value is -2.82. The van der Waals surface area contributed by atoms with E-state index in [0.717, 1.165) is 11.2 Å². The molecule has 20 heavy (non-hydrogen) atoms. The third kappa shape index (κ3) is 2.09. The Morgan fingerprint density at radius 3 is 2.80 bits per heavy atom. The molecule has 0 aliphatic carbocycles. The van der Waals surface area contributed by atoms with Crippen LogP contribution in [0.25, 0.3) is 10.9 Å². The van der Waals surface area contributed by atoms with Crippen LogP contribution >= 0.6 is 0 Å². The molecule has 0 aliphatic heterocycles. The number of rotatable bonds is 3. The van der Waals surface area contributed by atoms with Crippen molar-refractivity contribution >= 4 is 16.9 Å². The minimum atomic E-state index is -1.01. The zero-order valence-corrected chi connectivity index (χ0v) is 10.5. The lowest BCUT2D eigenvalue weighted by Gasteiger charge is -2.04. The number of carboxylic acid groups (broad SMARTS) is 1. The highest BCUT2D eigenvalue weighted by Gasteiger charge is 2.15. The van der Waals surface area contributed by atoms with Crippen molar-refractivity contribution in [3.8, 4) is 5.75 Å². The summed E-state index contributed by atoms with van der Waals surface area (Å²) in [5.41, 5.74) is 1.77. The quantitative estimate of drug-likeness (QED) is 0.765. The first-order valence-corrected chi connectivity index (χ1v) is 6.10. The maximum absolute atomic E-state index is 11.3. The van der Waals surface area contributed by atoms with Crippen LogP contribution in [0.2, 0.25) is 0 Å². The molecular formula is C15H12N2O3. The average Bonchev–Trinajstić information content (AvgIpc) is 2.78. The second-order valence-electron chi connectivity index (χ2n) is 4.50. The molecule has 3 aromatic rings. The van der Waals surface area contributed by atoms with Crippen molar-refractivity contribution in [3.63, 3.8) is 0 Å². The Morgan fingerprint density at radius 2 is 2.10 bits per heavy atom. The number of hydrogen-bond acceptors (Lipinski definition) is 3. The van der Waals surface area contributed by atoms with Crippen molar-refractivity contribution in [2.75, 3.05) is 0 Å². The molecule has 2 aromatic heterocycles. The maximum atomic E-state index is 11.3. The molecule has 2 N–H and O–H groups in total. The lowest BCUT2D eigenvalue weighted by molar-refractivity contribution is 0.0699. The number of benzene rings is 1. The number of nitrogens with zero attached hydrogens (tertiary/aromatic N) is 2. The van der Waals surface area contributed by atoms with Gasteiger partial charge in [-0.3, -0.25) is 4.98 Å². The van der Waals surface area contributed by atoms with E-state index < -0.39 is 5.97 Å². The highest BCUT2D eigenvalue weighted by Crippen LogP contribution is 2.26. The summed E-state index contributed by atoms with van der Waals surface area (Å²) < 4.78 is 1.82. The Labute approximate surface area is 114 Å². The van der Waals surface area contributed by atoms with Gasteiger partial charge in [0.05, 0.1) is 17.8 Å². The number of phenols is 1. The first-order valence-electron chi connectivity index (χ1n) is 6.10. The molecule has 0 saturated heterocycles. The molecule has 0 radical (unpaired) electrons. The monoisotopic (exact) mass is 268 g/mol. The Kier molecular flexibility index (Phi) is 2.87. The van der Waals surface area contributed by atoms with Crippen LogP contribution < -0.4 is 0 Å². The maximum Gasteiger partial charge on any atom is 0.337 e. The van der Waals surface area contributed by atoms with Crippen molar-refractivity contribution in [1.29, 1.82) is 0 Å². The predicted octanol–water partition coefficient (Wildman–Crippen LogP) is 2.49. The van der Waals surface area contributed by atoms with E-state index in [1.165, 1.54) is 6.07 Å². The molecule has 0 saturated carbocycles. The fourth-order valence-corrected chi connectivity index (χ4v) is 2.25.